The fraction of sp³-hybridized carbons (Fsp3) is 0.278. The van der Waals surface area contributed by atoms with Crippen molar-refractivity contribution in [2.75, 3.05) is 6.54 Å². The van der Waals surface area contributed by atoms with Gasteiger partial charge in [0.05, 0.1) is 30.8 Å². The molecule has 0 aliphatic heterocycles. The molecule has 0 N–H and O–H groups in total. The largest absolute Gasteiger partial charge is 0.467 e. The lowest BCUT2D eigenvalue weighted by Crippen LogP contribution is -2.32. The molecule has 0 bridgehead atoms. The van der Waals surface area contributed by atoms with E-state index in [2.05, 4.69) is 0 Å². The molecule has 3 rings (SSSR count). The molecule has 128 valence electrons. The van der Waals surface area contributed by atoms with Crippen LogP contribution in [0.25, 0.3) is 11.1 Å². The fourth-order valence-electron chi connectivity index (χ4n) is 2.66. The van der Waals surface area contributed by atoms with Gasteiger partial charge in [0, 0.05) is 19.5 Å². The molecule has 7 nitrogen and oxygen atoms in total. The van der Waals surface area contributed by atoms with Crippen molar-refractivity contribution < 1.29 is 13.6 Å². The standard InChI is InChI=1S/C18H17N3O4/c19-9-4-10-20(13-14-5-3-12-24-14)17(22)8-11-21-15-6-1-2-7-16(15)25-18(21)23/h1-3,5-7,12H,4,8,10-11,13H2. The van der Waals surface area contributed by atoms with Crippen molar-refractivity contribution in [1.82, 2.24) is 9.47 Å². The summed E-state index contributed by atoms with van der Waals surface area (Å²) in [5, 5.41) is 8.79. The number of rotatable bonds is 7. The minimum absolute atomic E-state index is 0.134. The number of oxazole rings is 1. The van der Waals surface area contributed by atoms with Crippen molar-refractivity contribution in [1.29, 1.82) is 5.26 Å². The van der Waals surface area contributed by atoms with Crippen molar-refractivity contribution in [3.05, 3.63) is 59.0 Å². The van der Waals surface area contributed by atoms with Crippen LogP contribution in [0.2, 0.25) is 0 Å². The van der Waals surface area contributed by atoms with Crippen molar-refractivity contribution >= 4 is 17.0 Å². The Balaban J connectivity index is 1.71. The zero-order valence-corrected chi connectivity index (χ0v) is 13.6. The average molecular weight is 339 g/mol. The van der Waals surface area contributed by atoms with Gasteiger partial charge in [-0.05, 0) is 24.3 Å². The molecule has 0 aliphatic rings. The zero-order chi connectivity index (χ0) is 17.6. The second-order valence-corrected chi connectivity index (χ2v) is 5.54. The quantitative estimate of drug-likeness (QED) is 0.659. The number of furan rings is 1. The van der Waals surface area contributed by atoms with E-state index in [-0.39, 0.29) is 25.3 Å². The number of nitrogens with zero attached hydrogens (tertiary/aromatic N) is 3. The van der Waals surface area contributed by atoms with Crippen LogP contribution in [0, 0.1) is 11.3 Å². The number of para-hydroxylation sites is 2. The molecule has 0 spiro atoms. The molecule has 1 aromatic carbocycles. The first-order valence-corrected chi connectivity index (χ1v) is 7.94. The lowest BCUT2D eigenvalue weighted by Gasteiger charge is -2.20. The van der Waals surface area contributed by atoms with Gasteiger partial charge in [-0.3, -0.25) is 9.36 Å². The Hall–Kier alpha value is -3.27. The highest BCUT2D eigenvalue weighted by atomic mass is 16.4. The highest BCUT2D eigenvalue weighted by molar-refractivity contribution is 5.77. The van der Waals surface area contributed by atoms with E-state index in [4.69, 9.17) is 14.1 Å². The smallest absolute Gasteiger partial charge is 0.419 e. The zero-order valence-electron chi connectivity index (χ0n) is 13.6. The third-order valence-corrected chi connectivity index (χ3v) is 3.90. The third kappa shape index (κ3) is 3.80. The van der Waals surface area contributed by atoms with Gasteiger partial charge in [0.15, 0.2) is 5.58 Å². The van der Waals surface area contributed by atoms with Crippen molar-refractivity contribution in [2.45, 2.75) is 25.9 Å². The van der Waals surface area contributed by atoms with Crippen molar-refractivity contribution in [2.24, 2.45) is 0 Å². The summed E-state index contributed by atoms with van der Waals surface area (Å²) in [6, 6.07) is 12.7. The average Bonchev–Trinajstić information content (AvgIpc) is 3.23. The van der Waals surface area contributed by atoms with Gasteiger partial charge in [-0.1, -0.05) is 12.1 Å². The molecule has 0 aliphatic carbocycles. The maximum absolute atomic E-state index is 12.5. The molecule has 0 fully saturated rings. The van der Waals surface area contributed by atoms with Gasteiger partial charge in [0.25, 0.3) is 0 Å². The summed E-state index contributed by atoms with van der Waals surface area (Å²) in [6.07, 6.45) is 1.91. The number of hydrogen-bond donors (Lipinski definition) is 0. The molecule has 25 heavy (non-hydrogen) atoms. The summed E-state index contributed by atoms with van der Waals surface area (Å²) >= 11 is 0. The van der Waals surface area contributed by atoms with Crippen LogP contribution in [0.3, 0.4) is 0 Å². The lowest BCUT2D eigenvalue weighted by atomic mass is 10.3. The van der Waals surface area contributed by atoms with Crippen LogP contribution in [-0.2, 0) is 17.9 Å². The first kappa shape index (κ1) is 16.6. The summed E-state index contributed by atoms with van der Waals surface area (Å²) in [4.78, 5) is 26.1. The second-order valence-electron chi connectivity index (χ2n) is 5.54. The van der Waals surface area contributed by atoms with Gasteiger partial charge < -0.3 is 13.7 Å². The Kier molecular flexibility index (Phi) is 5.00. The molecule has 0 radical (unpaired) electrons. The second kappa shape index (κ2) is 7.53. The Bertz CT molecular complexity index is 947. The lowest BCUT2D eigenvalue weighted by molar-refractivity contribution is -0.132. The molecule has 3 aromatic rings. The van der Waals surface area contributed by atoms with Crippen LogP contribution < -0.4 is 5.76 Å². The SMILES string of the molecule is N#CCCN(Cc1ccco1)C(=O)CCn1c(=O)oc2ccccc21. The molecule has 0 atom stereocenters. The number of hydrogen-bond acceptors (Lipinski definition) is 5. The number of amides is 1. The minimum Gasteiger partial charge on any atom is -0.467 e. The van der Waals surface area contributed by atoms with Crippen molar-refractivity contribution in [3.63, 3.8) is 0 Å². The summed E-state index contributed by atoms with van der Waals surface area (Å²) in [6.45, 7) is 0.835. The van der Waals surface area contributed by atoms with E-state index in [0.29, 0.717) is 29.9 Å². The van der Waals surface area contributed by atoms with Crippen molar-refractivity contribution in [3.8, 4) is 6.07 Å². The van der Waals surface area contributed by atoms with Gasteiger partial charge in [0.1, 0.15) is 5.76 Å². The predicted molar refractivity (Wildman–Crippen MR) is 89.4 cm³/mol. The van der Waals surface area contributed by atoms with Crippen LogP contribution in [0.5, 0.6) is 0 Å². The van der Waals surface area contributed by atoms with E-state index in [0.717, 1.165) is 0 Å². The maximum atomic E-state index is 12.5. The number of aryl methyl sites for hydroxylation is 1. The van der Waals surface area contributed by atoms with Gasteiger partial charge in [-0.25, -0.2) is 4.79 Å². The summed E-state index contributed by atoms with van der Waals surface area (Å²) in [5.41, 5.74) is 1.16. The number of carbonyl (C=O) groups excluding carboxylic acids is 1. The molecular formula is C18H17N3O4. The maximum Gasteiger partial charge on any atom is 0.419 e. The number of fused-ring (bicyclic) bond motifs is 1. The minimum atomic E-state index is -0.483. The van der Waals surface area contributed by atoms with E-state index in [1.807, 2.05) is 12.1 Å². The topological polar surface area (TPSA) is 92.4 Å². The Morgan fingerprint density at radius 1 is 1.24 bits per heavy atom. The molecule has 2 heterocycles. The number of benzene rings is 1. The molecule has 1 amide bonds. The Labute approximate surface area is 143 Å². The molecule has 0 saturated carbocycles. The predicted octanol–water partition coefficient (Wildman–Crippen LogP) is 2.52. The number of nitriles is 1. The Morgan fingerprint density at radius 2 is 2.08 bits per heavy atom. The summed E-state index contributed by atoms with van der Waals surface area (Å²) in [7, 11) is 0. The molecule has 7 heteroatoms. The molecule has 0 unspecified atom stereocenters. The van der Waals surface area contributed by atoms with Crippen LogP contribution in [-0.4, -0.2) is 21.9 Å². The highest BCUT2D eigenvalue weighted by Gasteiger charge is 2.17. The van der Waals surface area contributed by atoms with Gasteiger partial charge >= 0.3 is 5.76 Å². The Morgan fingerprint density at radius 3 is 2.84 bits per heavy atom. The normalized spacial score (nSPS) is 10.7. The van der Waals surface area contributed by atoms with Crippen LogP contribution >= 0.6 is 0 Å². The summed E-state index contributed by atoms with van der Waals surface area (Å²) in [5.74, 6) is 0.0182. The van der Waals surface area contributed by atoms with Crippen LogP contribution in [0.1, 0.15) is 18.6 Å². The first-order chi connectivity index (χ1) is 12.2. The summed E-state index contributed by atoms with van der Waals surface area (Å²) < 4.78 is 11.9. The molecular weight excluding hydrogens is 322 g/mol. The van der Waals surface area contributed by atoms with Gasteiger partial charge in [0.2, 0.25) is 5.91 Å². The van der Waals surface area contributed by atoms with E-state index in [1.165, 1.54) is 4.57 Å². The van der Waals surface area contributed by atoms with E-state index < -0.39 is 5.76 Å². The molecule has 2 aromatic heterocycles. The monoisotopic (exact) mass is 339 g/mol. The number of carbonyl (C=O) groups is 1. The van der Waals surface area contributed by atoms with E-state index >= 15 is 0 Å². The highest BCUT2D eigenvalue weighted by Crippen LogP contribution is 2.13. The van der Waals surface area contributed by atoms with E-state index in [9.17, 15) is 9.59 Å². The van der Waals surface area contributed by atoms with Gasteiger partial charge in [-0.15, -0.1) is 0 Å². The first-order valence-electron chi connectivity index (χ1n) is 7.94. The molecule has 0 saturated heterocycles. The van der Waals surface area contributed by atoms with Gasteiger partial charge in [-0.2, -0.15) is 5.26 Å². The number of aromatic nitrogens is 1. The van der Waals surface area contributed by atoms with Crippen LogP contribution in [0.4, 0.5) is 0 Å². The third-order valence-electron chi connectivity index (χ3n) is 3.90. The van der Waals surface area contributed by atoms with E-state index in [1.54, 1.807) is 41.5 Å². The van der Waals surface area contributed by atoms with Crippen LogP contribution in [0.15, 0.2) is 56.3 Å². The fourth-order valence-corrected chi connectivity index (χ4v) is 2.66.